The van der Waals surface area contributed by atoms with E-state index in [0.29, 0.717) is 13.0 Å². The summed E-state index contributed by atoms with van der Waals surface area (Å²) in [4.78, 5) is 0. The Morgan fingerprint density at radius 2 is 1.94 bits per heavy atom. The normalized spacial score (nSPS) is 12.0. The summed E-state index contributed by atoms with van der Waals surface area (Å²) in [5, 5.41) is 13.4. The molecule has 0 saturated heterocycles. The van der Waals surface area contributed by atoms with Crippen molar-refractivity contribution in [3.63, 3.8) is 0 Å². The largest absolute Gasteiger partial charge is 0.392 e. The first-order valence-corrected chi connectivity index (χ1v) is 7.57. The molecule has 1 aromatic heterocycles. The van der Waals surface area contributed by atoms with Crippen LogP contribution >= 0.6 is 0 Å². The highest BCUT2D eigenvalue weighted by molar-refractivity contribution is 7.91. The van der Waals surface area contributed by atoms with E-state index in [-0.39, 0.29) is 18.1 Å². The summed E-state index contributed by atoms with van der Waals surface area (Å²) in [6.07, 6.45) is 0.640. The Morgan fingerprint density at radius 1 is 1.29 bits per heavy atom. The lowest BCUT2D eigenvalue weighted by Gasteiger charge is -2.05. The van der Waals surface area contributed by atoms with Gasteiger partial charge in [0, 0.05) is 17.0 Å². The summed E-state index contributed by atoms with van der Waals surface area (Å²) in [7, 11) is -2.98. The SMILES string of the molecule is CCCS(=O)(=O)CCn1nc(C)c(CO)c1C. The van der Waals surface area contributed by atoms with Crippen molar-refractivity contribution < 1.29 is 13.5 Å². The van der Waals surface area contributed by atoms with Crippen molar-refractivity contribution >= 4 is 9.84 Å². The molecule has 5 nitrogen and oxygen atoms in total. The second kappa shape index (κ2) is 5.64. The van der Waals surface area contributed by atoms with Gasteiger partial charge in [-0.2, -0.15) is 5.10 Å². The Hall–Kier alpha value is -0.880. The molecule has 0 atom stereocenters. The minimum absolute atomic E-state index is 0.0562. The number of aromatic nitrogens is 2. The van der Waals surface area contributed by atoms with Gasteiger partial charge < -0.3 is 5.11 Å². The number of nitrogens with zero attached hydrogens (tertiary/aromatic N) is 2. The molecule has 1 heterocycles. The molecule has 1 N–H and O–H groups in total. The first-order chi connectivity index (χ1) is 7.91. The molecule has 0 saturated carbocycles. The van der Waals surface area contributed by atoms with Gasteiger partial charge in [0.2, 0.25) is 0 Å². The molecule has 1 aromatic rings. The third-order valence-electron chi connectivity index (χ3n) is 2.82. The lowest BCUT2D eigenvalue weighted by molar-refractivity contribution is 0.280. The number of hydrogen-bond acceptors (Lipinski definition) is 4. The van der Waals surface area contributed by atoms with Crippen LogP contribution in [0.25, 0.3) is 0 Å². The monoisotopic (exact) mass is 260 g/mol. The van der Waals surface area contributed by atoms with E-state index in [1.54, 1.807) is 4.68 Å². The molecule has 0 aromatic carbocycles. The van der Waals surface area contributed by atoms with Gasteiger partial charge >= 0.3 is 0 Å². The Morgan fingerprint density at radius 3 is 2.41 bits per heavy atom. The van der Waals surface area contributed by atoms with Crippen LogP contribution in [-0.2, 0) is 23.0 Å². The molecular weight excluding hydrogens is 240 g/mol. The molecule has 0 aliphatic rings. The van der Waals surface area contributed by atoms with E-state index in [1.165, 1.54) is 0 Å². The van der Waals surface area contributed by atoms with Gasteiger partial charge in [0.1, 0.15) is 0 Å². The van der Waals surface area contributed by atoms with Crippen LogP contribution in [0.5, 0.6) is 0 Å². The maximum Gasteiger partial charge on any atom is 0.152 e. The van der Waals surface area contributed by atoms with Gasteiger partial charge in [-0.15, -0.1) is 0 Å². The van der Waals surface area contributed by atoms with Crippen LogP contribution in [-0.4, -0.2) is 34.8 Å². The number of aliphatic hydroxyl groups excluding tert-OH is 1. The Kier molecular flexibility index (Phi) is 4.70. The maximum absolute atomic E-state index is 11.6. The molecule has 0 aliphatic carbocycles. The topological polar surface area (TPSA) is 72.2 Å². The zero-order valence-corrected chi connectivity index (χ0v) is 11.4. The van der Waals surface area contributed by atoms with Gasteiger partial charge in [-0.05, 0) is 20.3 Å². The van der Waals surface area contributed by atoms with Gasteiger partial charge in [-0.1, -0.05) is 6.92 Å². The summed E-state index contributed by atoms with van der Waals surface area (Å²) in [6.45, 7) is 5.81. The molecule has 0 amide bonds. The first kappa shape index (κ1) is 14.2. The summed E-state index contributed by atoms with van der Waals surface area (Å²) in [5.41, 5.74) is 2.40. The van der Waals surface area contributed by atoms with Crippen molar-refractivity contribution in [1.82, 2.24) is 9.78 Å². The highest BCUT2D eigenvalue weighted by Gasteiger charge is 2.14. The highest BCUT2D eigenvalue weighted by atomic mass is 32.2. The zero-order chi connectivity index (χ0) is 13.1. The molecule has 0 radical (unpaired) electrons. The Labute approximate surface area is 102 Å². The number of sulfone groups is 1. The van der Waals surface area contributed by atoms with Crippen molar-refractivity contribution in [2.75, 3.05) is 11.5 Å². The van der Waals surface area contributed by atoms with Gasteiger partial charge in [0.15, 0.2) is 9.84 Å². The van der Waals surface area contributed by atoms with Crippen LogP contribution in [0.4, 0.5) is 0 Å². The van der Waals surface area contributed by atoms with Crippen molar-refractivity contribution in [3.05, 3.63) is 17.0 Å². The fourth-order valence-electron chi connectivity index (χ4n) is 1.82. The molecule has 17 heavy (non-hydrogen) atoms. The molecular formula is C11H20N2O3S. The van der Waals surface area contributed by atoms with Crippen LogP contribution in [0.15, 0.2) is 0 Å². The third kappa shape index (κ3) is 3.54. The Bertz CT molecular complexity index is 477. The van der Waals surface area contributed by atoms with E-state index in [9.17, 15) is 8.42 Å². The first-order valence-electron chi connectivity index (χ1n) is 5.75. The van der Waals surface area contributed by atoms with E-state index in [2.05, 4.69) is 5.10 Å². The summed E-state index contributed by atoms with van der Waals surface area (Å²) < 4.78 is 24.8. The highest BCUT2D eigenvalue weighted by Crippen LogP contribution is 2.12. The third-order valence-corrected chi connectivity index (χ3v) is 4.65. The van der Waals surface area contributed by atoms with E-state index >= 15 is 0 Å². The lowest BCUT2D eigenvalue weighted by Crippen LogP contribution is -2.17. The minimum atomic E-state index is -2.98. The average molecular weight is 260 g/mol. The molecule has 98 valence electrons. The van der Waals surface area contributed by atoms with Gasteiger partial charge in [0.05, 0.1) is 24.6 Å². The van der Waals surface area contributed by atoms with Crippen LogP contribution in [0, 0.1) is 13.8 Å². The van der Waals surface area contributed by atoms with Crippen molar-refractivity contribution in [3.8, 4) is 0 Å². The molecule has 0 unspecified atom stereocenters. The average Bonchev–Trinajstić information content (AvgIpc) is 2.51. The molecule has 0 fully saturated rings. The van der Waals surface area contributed by atoms with Crippen molar-refractivity contribution in [2.24, 2.45) is 0 Å². The Balaban J connectivity index is 2.77. The van der Waals surface area contributed by atoms with Crippen LogP contribution in [0.2, 0.25) is 0 Å². The fraction of sp³-hybridized carbons (Fsp3) is 0.727. The smallest absolute Gasteiger partial charge is 0.152 e. The number of hydrogen-bond donors (Lipinski definition) is 1. The molecule has 0 aliphatic heterocycles. The van der Waals surface area contributed by atoms with Crippen molar-refractivity contribution in [2.45, 2.75) is 40.3 Å². The fourth-order valence-corrected chi connectivity index (χ4v) is 3.10. The summed E-state index contributed by atoms with van der Waals surface area (Å²) in [5.74, 6) is 0.326. The number of aliphatic hydroxyl groups is 1. The van der Waals surface area contributed by atoms with Gasteiger partial charge in [-0.25, -0.2) is 8.42 Å². The predicted molar refractivity (Wildman–Crippen MR) is 66.6 cm³/mol. The van der Waals surface area contributed by atoms with Crippen LogP contribution in [0.1, 0.15) is 30.3 Å². The van der Waals surface area contributed by atoms with E-state index in [0.717, 1.165) is 17.0 Å². The summed E-state index contributed by atoms with van der Waals surface area (Å²) in [6, 6.07) is 0. The summed E-state index contributed by atoms with van der Waals surface area (Å²) >= 11 is 0. The zero-order valence-electron chi connectivity index (χ0n) is 10.6. The van der Waals surface area contributed by atoms with Gasteiger partial charge in [-0.3, -0.25) is 4.68 Å². The van der Waals surface area contributed by atoms with Crippen molar-refractivity contribution in [1.29, 1.82) is 0 Å². The van der Waals surface area contributed by atoms with Crippen LogP contribution in [0.3, 0.4) is 0 Å². The van der Waals surface area contributed by atoms with Crippen LogP contribution < -0.4 is 0 Å². The quantitative estimate of drug-likeness (QED) is 0.822. The molecule has 1 rings (SSSR count). The van der Waals surface area contributed by atoms with Gasteiger partial charge in [0.25, 0.3) is 0 Å². The minimum Gasteiger partial charge on any atom is -0.392 e. The van der Waals surface area contributed by atoms with E-state index in [1.807, 2.05) is 20.8 Å². The second-order valence-electron chi connectivity index (χ2n) is 4.18. The second-order valence-corrected chi connectivity index (χ2v) is 6.49. The van der Waals surface area contributed by atoms with E-state index < -0.39 is 9.84 Å². The molecule has 0 bridgehead atoms. The molecule has 6 heteroatoms. The standard InChI is InChI=1S/C11H20N2O3S/c1-4-6-17(15,16)7-5-13-10(3)11(8-14)9(2)12-13/h14H,4-8H2,1-3H3. The van der Waals surface area contributed by atoms with E-state index in [4.69, 9.17) is 5.11 Å². The lowest BCUT2D eigenvalue weighted by atomic mass is 10.2. The molecule has 0 spiro atoms. The maximum atomic E-state index is 11.6. The number of aryl methyl sites for hydroxylation is 2. The number of rotatable bonds is 6. The predicted octanol–water partition coefficient (Wildman–Crippen LogP) is 0.817.